The van der Waals surface area contributed by atoms with Crippen LogP contribution in [0.4, 0.5) is 5.95 Å². The summed E-state index contributed by atoms with van der Waals surface area (Å²) >= 11 is 0. The Balaban J connectivity index is 2.37. The van der Waals surface area contributed by atoms with Crippen LogP contribution in [0, 0.1) is 6.92 Å². The van der Waals surface area contributed by atoms with E-state index in [4.69, 9.17) is 5.73 Å². The van der Waals surface area contributed by atoms with E-state index in [-0.39, 0.29) is 10.8 Å². The number of rotatable bonds is 4. The van der Waals surface area contributed by atoms with E-state index in [0.717, 1.165) is 5.56 Å². The molecule has 0 fully saturated rings. The summed E-state index contributed by atoms with van der Waals surface area (Å²) in [6, 6.07) is 4.99. The summed E-state index contributed by atoms with van der Waals surface area (Å²) < 4.78 is 28.2. The zero-order chi connectivity index (χ0) is 14.0. The number of sulfonamides is 1. The molecule has 0 amide bonds. The molecule has 1 aromatic carbocycles. The summed E-state index contributed by atoms with van der Waals surface area (Å²) in [6.45, 7) is 2.10. The number of aromatic nitrogens is 3. The maximum absolute atomic E-state index is 12.2. The lowest BCUT2D eigenvalue weighted by Crippen LogP contribution is -2.17. The Morgan fingerprint density at radius 3 is 2.68 bits per heavy atom. The van der Waals surface area contributed by atoms with Crippen molar-refractivity contribution >= 4 is 16.0 Å². The minimum absolute atomic E-state index is 0.169. The Kier molecular flexibility index (Phi) is 3.54. The first-order valence-electron chi connectivity index (χ1n) is 5.60. The molecular formula is C11H15N5O2S. The number of aryl methyl sites for hydroxylation is 2. The molecule has 19 heavy (non-hydrogen) atoms. The van der Waals surface area contributed by atoms with Crippen LogP contribution >= 0.6 is 0 Å². The largest absolute Gasteiger partial charge is 0.326 e. The maximum atomic E-state index is 12.2. The van der Waals surface area contributed by atoms with Gasteiger partial charge >= 0.3 is 0 Å². The molecule has 0 aliphatic carbocycles. The van der Waals surface area contributed by atoms with E-state index in [1.54, 1.807) is 26.1 Å². The van der Waals surface area contributed by atoms with Gasteiger partial charge in [0.25, 0.3) is 10.0 Å². The van der Waals surface area contributed by atoms with Crippen molar-refractivity contribution < 1.29 is 8.42 Å². The highest BCUT2D eigenvalue weighted by atomic mass is 32.2. The second-order valence-electron chi connectivity index (χ2n) is 4.12. The Bertz CT molecular complexity index is 693. The molecule has 0 bridgehead atoms. The molecule has 1 aromatic heterocycles. The minimum Gasteiger partial charge on any atom is -0.326 e. The van der Waals surface area contributed by atoms with Crippen LogP contribution in [0.2, 0.25) is 0 Å². The number of nitrogens with one attached hydrogen (secondary N) is 1. The molecule has 3 N–H and O–H groups in total. The normalized spacial score (nSPS) is 11.5. The number of hydrogen-bond acceptors (Lipinski definition) is 5. The van der Waals surface area contributed by atoms with Crippen molar-refractivity contribution in [1.29, 1.82) is 0 Å². The molecule has 1 heterocycles. The van der Waals surface area contributed by atoms with Gasteiger partial charge in [0.1, 0.15) is 6.33 Å². The first-order valence-corrected chi connectivity index (χ1v) is 7.09. The molecule has 7 nitrogen and oxygen atoms in total. The third-order valence-corrected chi connectivity index (χ3v) is 4.19. The van der Waals surface area contributed by atoms with Crippen molar-refractivity contribution in [2.45, 2.75) is 18.4 Å². The molecule has 0 aliphatic heterocycles. The predicted molar refractivity (Wildman–Crippen MR) is 70.9 cm³/mol. The van der Waals surface area contributed by atoms with Gasteiger partial charge < -0.3 is 5.73 Å². The van der Waals surface area contributed by atoms with Crippen LogP contribution in [0.25, 0.3) is 0 Å². The van der Waals surface area contributed by atoms with Gasteiger partial charge in [-0.25, -0.2) is 17.8 Å². The monoisotopic (exact) mass is 281 g/mol. The van der Waals surface area contributed by atoms with Crippen LogP contribution in [0.5, 0.6) is 0 Å². The lowest BCUT2D eigenvalue weighted by molar-refractivity contribution is 0.599. The molecule has 0 saturated heterocycles. The van der Waals surface area contributed by atoms with E-state index in [9.17, 15) is 8.42 Å². The quantitative estimate of drug-likeness (QED) is 0.843. The minimum atomic E-state index is -3.68. The summed E-state index contributed by atoms with van der Waals surface area (Å²) in [5, 5.41) is 3.81. The van der Waals surface area contributed by atoms with Gasteiger partial charge in [-0.2, -0.15) is 10.1 Å². The van der Waals surface area contributed by atoms with Gasteiger partial charge in [-0.3, -0.25) is 0 Å². The van der Waals surface area contributed by atoms with E-state index >= 15 is 0 Å². The fourth-order valence-corrected chi connectivity index (χ4v) is 2.97. The van der Waals surface area contributed by atoms with Crippen LogP contribution in [0.1, 0.15) is 11.1 Å². The standard InChI is InChI=1S/C11H15N5O2S/c1-8-5-9(6-12)3-4-10(8)19(17,18)15-11-13-7-14-16(11)2/h3-5,7H,6,12H2,1-2H3,(H,13,14,15). The first-order chi connectivity index (χ1) is 8.94. The molecule has 0 spiro atoms. The molecular weight excluding hydrogens is 266 g/mol. The summed E-state index contributed by atoms with van der Waals surface area (Å²) in [5.41, 5.74) is 7.04. The van der Waals surface area contributed by atoms with E-state index < -0.39 is 10.0 Å². The maximum Gasteiger partial charge on any atom is 0.264 e. The zero-order valence-corrected chi connectivity index (χ0v) is 11.5. The lowest BCUT2D eigenvalue weighted by Gasteiger charge is -2.10. The first kappa shape index (κ1) is 13.5. The van der Waals surface area contributed by atoms with Crippen LogP contribution < -0.4 is 10.5 Å². The average Bonchev–Trinajstić information content (AvgIpc) is 2.73. The van der Waals surface area contributed by atoms with Crippen molar-refractivity contribution in [1.82, 2.24) is 14.8 Å². The number of nitrogens with zero attached hydrogens (tertiary/aromatic N) is 3. The Hall–Kier alpha value is -1.93. The van der Waals surface area contributed by atoms with Crippen molar-refractivity contribution in [3.8, 4) is 0 Å². The smallest absolute Gasteiger partial charge is 0.264 e. The summed E-state index contributed by atoms with van der Waals surface area (Å²) in [4.78, 5) is 4.03. The van der Waals surface area contributed by atoms with E-state index in [0.29, 0.717) is 12.1 Å². The second-order valence-corrected chi connectivity index (χ2v) is 5.77. The third kappa shape index (κ3) is 2.74. The topological polar surface area (TPSA) is 103 Å². The van der Waals surface area contributed by atoms with Crippen molar-refractivity contribution in [2.75, 3.05) is 4.72 Å². The average molecular weight is 281 g/mol. The summed E-state index contributed by atoms with van der Waals surface area (Å²) in [6.07, 6.45) is 1.28. The highest BCUT2D eigenvalue weighted by Gasteiger charge is 2.19. The Morgan fingerprint density at radius 1 is 1.42 bits per heavy atom. The van der Waals surface area contributed by atoms with Crippen molar-refractivity contribution in [2.24, 2.45) is 12.8 Å². The number of hydrogen-bond donors (Lipinski definition) is 2. The number of anilines is 1. The predicted octanol–water partition coefficient (Wildman–Crippen LogP) is 0.383. The Labute approximate surface area is 111 Å². The highest BCUT2D eigenvalue weighted by Crippen LogP contribution is 2.19. The van der Waals surface area contributed by atoms with Gasteiger partial charge in [0.2, 0.25) is 5.95 Å². The zero-order valence-electron chi connectivity index (χ0n) is 10.7. The SMILES string of the molecule is Cc1cc(CN)ccc1S(=O)(=O)Nc1ncnn1C. The summed E-state index contributed by atoms with van der Waals surface area (Å²) in [5.74, 6) is 0.169. The number of nitrogens with two attached hydrogens (primary N) is 1. The van der Waals surface area contributed by atoms with E-state index in [2.05, 4.69) is 14.8 Å². The van der Waals surface area contributed by atoms with Gasteiger partial charge in [-0.15, -0.1) is 0 Å². The molecule has 2 aromatic rings. The fraction of sp³-hybridized carbons (Fsp3) is 0.273. The Morgan fingerprint density at radius 2 is 2.16 bits per heavy atom. The van der Waals surface area contributed by atoms with E-state index in [1.807, 2.05) is 0 Å². The van der Waals surface area contributed by atoms with Crippen LogP contribution in [-0.4, -0.2) is 23.2 Å². The second kappa shape index (κ2) is 4.98. The molecule has 0 atom stereocenters. The molecule has 0 saturated carbocycles. The van der Waals surface area contributed by atoms with Gasteiger partial charge in [0.05, 0.1) is 4.90 Å². The molecule has 0 radical (unpaired) electrons. The van der Waals surface area contributed by atoms with E-state index in [1.165, 1.54) is 17.1 Å². The van der Waals surface area contributed by atoms with Crippen molar-refractivity contribution in [3.05, 3.63) is 35.7 Å². The summed E-state index contributed by atoms with van der Waals surface area (Å²) in [7, 11) is -2.07. The molecule has 0 unspecified atom stereocenters. The van der Waals surface area contributed by atoms with Gasteiger partial charge in [-0.05, 0) is 24.1 Å². The number of benzene rings is 1. The molecule has 8 heteroatoms. The molecule has 0 aliphatic rings. The van der Waals surface area contributed by atoms with Gasteiger partial charge in [-0.1, -0.05) is 12.1 Å². The van der Waals surface area contributed by atoms with Crippen LogP contribution in [0.3, 0.4) is 0 Å². The van der Waals surface area contributed by atoms with Crippen LogP contribution in [-0.2, 0) is 23.6 Å². The molecule has 2 rings (SSSR count). The molecule has 102 valence electrons. The van der Waals surface area contributed by atoms with Gasteiger partial charge in [0.15, 0.2) is 0 Å². The highest BCUT2D eigenvalue weighted by molar-refractivity contribution is 7.92. The third-order valence-electron chi connectivity index (χ3n) is 2.70. The lowest BCUT2D eigenvalue weighted by atomic mass is 10.1. The van der Waals surface area contributed by atoms with Gasteiger partial charge in [0, 0.05) is 13.6 Å². The van der Waals surface area contributed by atoms with Crippen LogP contribution in [0.15, 0.2) is 29.4 Å². The fourth-order valence-electron chi connectivity index (χ4n) is 1.70. The van der Waals surface area contributed by atoms with Crippen molar-refractivity contribution in [3.63, 3.8) is 0 Å².